The number of hydrogen-bond acceptors (Lipinski definition) is 17. The van der Waals surface area contributed by atoms with Gasteiger partial charge in [0.25, 0.3) is 0 Å². The van der Waals surface area contributed by atoms with Crippen LogP contribution in [0.15, 0.2) is 0 Å². The van der Waals surface area contributed by atoms with Crippen LogP contribution in [0.5, 0.6) is 0 Å². The largest absolute Gasteiger partial charge is 0.480 e. The standard InChI is InChI=1S/C45H81N13O15/c1-24(2)18-29(53-41(68)31(21-59)55-38(65)27(10-5-7-15-46)52-37(64)26(48)13-14-35(49)62)39(66)56-32(22-60)42(69)54-30(19-25(3)4)40(67)57-33(23-61)44(71)58-17-9-12-34(58)43(70)50-20-36(63)51-28(45(72)73)11-6-8-16-47/h24-34,59-61H,5-23,46-48H2,1-4H3,(H2,49,62)(H,50,70)(H,51,63)(H,52,64)(H,53,68)(H,54,69)(H,55,65)(H,56,66)(H,57,67)(H,72,73)/t26-,27-,28-,29-,30-,31-,32-,33-,34-/m0/s1. The zero-order valence-corrected chi connectivity index (χ0v) is 42.3. The Bertz CT molecular complexity index is 1860. The first kappa shape index (κ1) is 64.9. The fourth-order valence-corrected chi connectivity index (χ4v) is 7.59. The molecule has 0 radical (unpaired) electrons. The molecular formula is C45H81N13O15. The fraction of sp³-hybridized carbons (Fsp3) is 0.756. The van der Waals surface area contributed by atoms with E-state index in [1.807, 2.05) is 0 Å². The summed E-state index contributed by atoms with van der Waals surface area (Å²) in [6.45, 7) is 4.03. The van der Waals surface area contributed by atoms with Crippen LogP contribution in [0, 0.1) is 11.8 Å². The molecule has 28 nitrogen and oxygen atoms in total. The van der Waals surface area contributed by atoms with Crippen LogP contribution < -0.4 is 65.5 Å². The molecule has 0 aromatic heterocycles. The van der Waals surface area contributed by atoms with Crippen LogP contribution in [0.1, 0.15) is 105 Å². The third-order valence-corrected chi connectivity index (χ3v) is 11.6. The van der Waals surface area contributed by atoms with Crippen molar-refractivity contribution in [3.05, 3.63) is 0 Å². The number of rotatable bonds is 36. The SMILES string of the molecule is CC(C)C[C@H](NC(=O)[C@H](CO)NC(=O)[C@H](CCCCN)NC(=O)[C@@H](N)CCC(N)=O)C(=O)N[C@@H](CO)C(=O)N[C@@H](CC(C)C)C(=O)N[C@@H](CO)C(=O)N1CCC[C@H]1C(=O)NCC(=O)N[C@@H](CCCCN)C(=O)O. The zero-order chi connectivity index (χ0) is 55.4. The molecule has 9 atom stereocenters. The van der Waals surface area contributed by atoms with E-state index in [0.717, 1.165) is 4.90 Å². The van der Waals surface area contributed by atoms with Crippen molar-refractivity contribution in [3.8, 4) is 0 Å². The van der Waals surface area contributed by atoms with Crippen LogP contribution in [0.25, 0.3) is 0 Å². The summed E-state index contributed by atoms with van der Waals surface area (Å²) < 4.78 is 0. The molecule has 0 bridgehead atoms. The highest BCUT2D eigenvalue weighted by Crippen LogP contribution is 2.19. The molecule has 0 unspecified atom stereocenters. The van der Waals surface area contributed by atoms with E-state index in [1.54, 1.807) is 27.7 Å². The van der Waals surface area contributed by atoms with E-state index < -0.39 is 146 Å². The number of amides is 10. The van der Waals surface area contributed by atoms with E-state index in [-0.39, 0.29) is 69.9 Å². The van der Waals surface area contributed by atoms with Gasteiger partial charge in [-0.3, -0.25) is 47.9 Å². The van der Waals surface area contributed by atoms with Crippen LogP contribution in [0.2, 0.25) is 0 Å². The Kier molecular flexibility index (Phi) is 30.6. The molecule has 10 amide bonds. The summed E-state index contributed by atoms with van der Waals surface area (Å²) in [6.07, 6.45) is 2.14. The number of carboxylic acid groups (broad SMARTS) is 1. The Labute approximate surface area is 424 Å². The third-order valence-electron chi connectivity index (χ3n) is 11.6. The normalized spacial score (nSPS) is 16.6. The lowest BCUT2D eigenvalue weighted by Gasteiger charge is -2.30. The van der Waals surface area contributed by atoms with Gasteiger partial charge in [-0.2, -0.15) is 0 Å². The summed E-state index contributed by atoms with van der Waals surface area (Å²) in [5, 5.41) is 59.3. The Morgan fingerprint density at radius 3 is 1.42 bits per heavy atom. The van der Waals surface area contributed by atoms with Gasteiger partial charge in [-0.25, -0.2) is 4.79 Å². The van der Waals surface area contributed by atoms with Crippen LogP contribution in [-0.2, 0) is 52.7 Å². The quantitative estimate of drug-likeness (QED) is 0.0260. The van der Waals surface area contributed by atoms with Crippen molar-refractivity contribution in [2.45, 2.75) is 159 Å². The van der Waals surface area contributed by atoms with E-state index in [4.69, 9.17) is 22.9 Å². The van der Waals surface area contributed by atoms with Crippen molar-refractivity contribution < 1.29 is 73.2 Å². The van der Waals surface area contributed by atoms with E-state index in [9.17, 15) is 73.2 Å². The predicted octanol–water partition coefficient (Wildman–Crippen LogP) is -6.51. The molecule has 1 aliphatic heterocycles. The highest BCUT2D eigenvalue weighted by molar-refractivity contribution is 5.98. The number of nitrogens with two attached hydrogens (primary N) is 4. The van der Waals surface area contributed by atoms with Crippen molar-refractivity contribution in [3.63, 3.8) is 0 Å². The van der Waals surface area contributed by atoms with Gasteiger partial charge in [-0.1, -0.05) is 27.7 Å². The maximum Gasteiger partial charge on any atom is 0.326 e. The minimum atomic E-state index is -1.71. The van der Waals surface area contributed by atoms with Gasteiger partial charge in [0.2, 0.25) is 59.1 Å². The third kappa shape index (κ3) is 24.0. The molecule has 0 spiro atoms. The molecule has 73 heavy (non-hydrogen) atoms. The van der Waals surface area contributed by atoms with E-state index in [0.29, 0.717) is 38.6 Å². The minimum Gasteiger partial charge on any atom is -0.480 e. The lowest BCUT2D eigenvalue weighted by Crippen LogP contribution is -2.61. The number of nitrogens with zero attached hydrogens (tertiary/aromatic N) is 1. The number of aliphatic carboxylic acids is 1. The smallest absolute Gasteiger partial charge is 0.326 e. The van der Waals surface area contributed by atoms with Crippen molar-refractivity contribution in [2.75, 3.05) is 46.0 Å². The Hall–Kier alpha value is -6.07. The van der Waals surface area contributed by atoms with Crippen molar-refractivity contribution in [1.82, 2.24) is 47.4 Å². The summed E-state index contributed by atoms with van der Waals surface area (Å²) >= 11 is 0. The number of unbranched alkanes of at least 4 members (excludes halogenated alkanes) is 2. The van der Waals surface area contributed by atoms with Gasteiger partial charge in [-0.15, -0.1) is 0 Å². The number of aliphatic hydroxyl groups is 3. The van der Waals surface area contributed by atoms with Crippen LogP contribution >= 0.6 is 0 Å². The van der Waals surface area contributed by atoms with Gasteiger partial charge in [0.1, 0.15) is 48.3 Å². The van der Waals surface area contributed by atoms with Gasteiger partial charge in [-0.05, 0) is 95.6 Å². The number of carboxylic acids is 1. The van der Waals surface area contributed by atoms with Gasteiger partial charge < -0.3 is 90.8 Å². The van der Waals surface area contributed by atoms with Crippen LogP contribution in [0.4, 0.5) is 0 Å². The molecule has 20 N–H and O–H groups in total. The maximum absolute atomic E-state index is 13.7. The molecule has 0 aliphatic carbocycles. The zero-order valence-electron chi connectivity index (χ0n) is 42.3. The summed E-state index contributed by atoms with van der Waals surface area (Å²) in [6, 6.07) is -12.6. The average Bonchev–Trinajstić information content (AvgIpc) is 3.83. The molecule has 1 heterocycles. The van der Waals surface area contributed by atoms with E-state index in [2.05, 4.69) is 42.5 Å². The first-order valence-corrected chi connectivity index (χ1v) is 24.6. The average molecular weight is 1040 g/mol. The summed E-state index contributed by atoms with van der Waals surface area (Å²) in [5.41, 5.74) is 22.0. The molecule has 0 aromatic rings. The molecule has 416 valence electrons. The summed E-state index contributed by atoms with van der Waals surface area (Å²) in [4.78, 5) is 144. The molecule has 1 fully saturated rings. The molecule has 28 heteroatoms. The Morgan fingerprint density at radius 2 is 0.986 bits per heavy atom. The highest BCUT2D eigenvalue weighted by Gasteiger charge is 2.39. The molecule has 1 saturated heterocycles. The summed E-state index contributed by atoms with van der Waals surface area (Å²) in [5.74, 6) is -10.5. The van der Waals surface area contributed by atoms with E-state index >= 15 is 0 Å². The van der Waals surface area contributed by atoms with E-state index in [1.165, 1.54) is 0 Å². The van der Waals surface area contributed by atoms with Crippen molar-refractivity contribution in [2.24, 2.45) is 34.8 Å². The van der Waals surface area contributed by atoms with Gasteiger partial charge in [0.15, 0.2) is 0 Å². The first-order valence-electron chi connectivity index (χ1n) is 24.6. The summed E-state index contributed by atoms with van der Waals surface area (Å²) in [7, 11) is 0. The second-order valence-corrected chi connectivity index (χ2v) is 18.7. The van der Waals surface area contributed by atoms with Crippen LogP contribution in [0.3, 0.4) is 0 Å². The van der Waals surface area contributed by atoms with Gasteiger partial charge >= 0.3 is 5.97 Å². The van der Waals surface area contributed by atoms with Crippen molar-refractivity contribution in [1.29, 1.82) is 0 Å². The number of likely N-dealkylation sites (tertiary alicyclic amines) is 1. The number of carbonyl (C=O) groups excluding carboxylic acids is 10. The predicted molar refractivity (Wildman–Crippen MR) is 261 cm³/mol. The highest BCUT2D eigenvalue weighted by atomic mass is 16.4. The Morgan fingerprint density at radius 1 is 0.562 bits per heavy atom. The second-order valence-electron chi connectivity index (χ2n) is 18.7. The number of hydrogen-bond donors (Lipinski definition) is 16. The number of primary amides is 1. The molecule has 0 saturated carbocycles. The molecular weight excluding hydrogens is 963 g/mol. The molecule has 1 rings (SSSR count). The van der Waals surface area contributed by atoms with Gasteiger partial charge in [0, 0.05) is 13.0 Å². The van der Waals surface area contributed by atoms with Crippen LogP contribution in [-0.4, -0.2) is 191 Å². The fourth-order valence-electron chi connectivity index (χ4n) is 7.59. The second kappa shape index (κ2) is 34.4. The number of aliphatic hydroxyl groups excluding tert-OH is 3. The van der Waals surface area contributed by atoms with Crippen molar-refractivity contribution >= 4 is 65.0 Å². The first-order chi connectivity index (χ1) is 34.4. The topological polar surface area (TPSA) is 472 Å². The maximum atomic E-state index is 13.7. The monoisotopic (exact) mass is 1040 g/mol. The Balaban J connectivity index is 3.12. The molecule has 0 aromatic carbocycles. The molecule has 1 aliphatic rings. The minimum absolute atomic E-state index is 0.0392. The number of carbonyl (C=O) groups is 11. The van der Waals surface area contributed by atoms with Gasteiger partial charge in [0.05, 0.1) is 32.4 Å². The lowest BCUT2D eigenvalue weighted by molar-refractivity contribution is -0.143. The number of nitrogens with one attached hydrogen (secondary N) is 8. The lowest BCUT2D eigenvalue weighted by atomic mass is 10.0.